The average Bonchev–Trinajstić information content (AvgIpc) is 3.21. The first kappa shape index (κ1) is 23.0. The molecule has 0 bridgehead atoms. The zero-order chi connectivity index (χ0) is 23.3. The number of carbonyl (C=O) groups excluding carboxylic acids is 2. The first-order chi connectivity index (χ1) is 15.1. The van der Waals surface area contributed by atoms with E-state index in [0.717, 1.165) is 5.56 Å². The molecule has 0 radical (unpaired) electrons. The van der Waals surface area contributed by atoms with Crippen LogP contribution in [0.1, 0.15) is 19.4 Å². The number of sulfonamides is 1. The van der Waals surface area contributed by atoms with Crippen LogP contribution in [0.5, 0.6) is 11.5 Å². The summed E-state index contributed by atoms with van der Waals surface area (Å²) in [6, 6.07) is 10.5. The van der Waals surface area contributed by atoms with E-state index in [0.29, 0.717) is 22.9 Å². The molecular weight excluding hydrogens is 442 g/mol. The van der Waals surface area contributed by atoms with E-state index in [4.69, 9.17) is 24.2 Å². The third-order valence-electron chi connectivity index (χ3n) is 4.30. The molecule has 12 heteroatoms. The van der Waals surface area contributed by atoms with Crippen molar-refractivity contribution < 1.29 is 37.1 Å². The Bertz CT molecular complexity index is 1150. The van der Waals surface area contributed by atoms with Crippen molar-refractivity contribution in [3.8, 4) is 11.5 Å². The summed E-state index contributed by atoms with van der Waals surface area (Å²) in [6.45, 7) is 2.74. The normalized spacial score (nSPS) is 13.9. The van der Waals surface area contributed by atoms with Gasteiger partial charge in [-0.2, -0.15) is 0 Å². The summed E-state index contributed by atoms with van der Waals surface area (Å²) >= 11 is 0. The maximum atomic E-state index is 12.2. The van der Waals surface area contributed by atoms with Gasteiger partial charge in [-0.25, -0.2) is 18.4 Å². The van der Waals surface area contributed by atoms with Crippen LogP contribution in [0.3, 0.4) is 0 Å². The molecule has 2 aromatic rings. The number of nitrogens with two attached hydrogens (primary N) is 1. The van der Waals surface area contributed by atoms with E-state index in [2.05, 4.69) is 10.5 Å². The van der Waals surface area contributed by atoms with E-state index in [9.17, 15) is 18.0 Å². The van der Waals surface area contributed by atoms with Gasteiger partial charge in [0.2, 0.25) is 23.4 Å². The molecule has 2 aromatic carbocycles. The van der Waals surface area contributed by atoms with E-state index in [1.165, 1.54) is 31.2 Å². The van der Waals surface area contributed by atoms with Gasteiger partial charge in [-0.05, 0) is 56.3 Å². The highest BCUT2D eigenvalue weighted by Crippen LogP contribution is 2.32. The van der Waals surface area contributed by atoms with Crippen LogP contribution >= 0.6 is 0 Å². The summed E-state index contributed by atoms with van der Waals surface area (Å²) in [5.74, 6) is -0.171. The summed E-state index contributed by atoms with van der Waals surface area (Å²) in [7, 11) is -3.83. The molecule has 3 rings (SSSR count). The zero-order valence-corrected chi connectivity index (χ0v) is 18.0. The predicted molar refractivity (Wildman–Crippen MR) is 113 cm³/mol. The molecule has 0 saturated carbocycles. The van der Waals surface area contributed by atoms with Gasteiger partial charge in [0.15, 0.2) is 17.6 Å². The first-order valence-electron chi connectivity index (χ1n) is 9.33. The lowest BCUT2D eigenvalue weighted by atomic mass is 10.1. The number of nitrogens with one attached hydrogen (secondary N) is 1. The predicted octanol–water partition coefficient (Wildman–Crippen LogP) is 1.37. The van der Waals surface area contributed by atoms with Crippen molar-refractivity contribution in [3.63, 3.8) is 0 Å². The summed E-state index contributed by atoms with van der Waals surface area (Å²) in [6.07, 6.45) is -1.12. The van der Waals surface area contributed by atoms with E-state index in [1.54, 1.807) is 25.1 Å². The Labute approximate surface area is 184 Å². The second-order valence-electron chi connectivity index (χ2n) is 6.71. The lowest BCUT2D eigenvalue weighted by Crippen LogP contribution is -2.31. The number of esters is 1. The Kier molecular flexibility index (Phi) is 6.95. The number of fused-ring (bicyclic) bond motifs is 1. The number of amides is 1. The van der Waals surface area contributed by atoms with E-state index < -0.39 is 34.6 Å². The van der Waals surface area contributed by atoms with Crippen LogP contribution in [0, 0.1) is 0 Å². The van der Waals surface area contributed by atoms with Crippen LogP contribution in [0.2, 0.25) is 0 Å². The van der Waals surface area contributed by atoms with Crippen molar-refractivity contribution in [2.75, 3.05) is 18.7 Å². The minimum absolute atomic E-state index is 0.0938. The first-order valence-corrected chi connectivity index (χ1v) is 10.9. The number of rotatable bonds is 8. The Hall–Kier alpha value is -3.64. The highest BCUT2D eigenvalue weighted by Gasteiger charge is 2.19. The number of hydrogen-bond acceptors (Lipinski definition) is 9. The molecule has 1 heterocycles. The molecule has 32 heavy (non-hydrogen) atoms. The molecule has 1 aliphatic heterocycles. The Balaban J connectivity index is 1.46. The molecule has 0 saturated heterocycles. The van der Waals surface area contributed by atoms with Crippen LogP contribution < -0.4 is 19.9 Å². The number of ether oxygens (including phenoxy) is 3. The van der Waals surface area contributed by atoms with Crippen LogP contribution in [0.4, 0.5) is 5.69 Å². The van der Waals surface area contributed by atoms with Crippen LogP contribution in [0.15, 0.2) is 52.5 Å². The summed E-state index contributed by atoms with van der Waals surface area (Å²) in [5, 5.41) is 11.4. The topological polar surface area (TPSA) is 156 Å². The SMILES string of the molecule is C/C(=N\OCC(=O)OC(C)C(=O)Nc1ccc(S(N)(=O)=O)cc1)c1ccc2c(c1)OCO2. The summed E-state index contributed by atoms with van der Waals surface area (Å²) in [5.41, 5.74) is 1.54. The summed E-state index contributed by atoms with van der Waals surface area (Å²) < 4.78 is 38.1. The third-order valence-corrected chi connectivity index (χ3v) is 5.23. The molecule has 170 valence electrons. The van der Waals surface area contributed by atoms with Gasteiger partial charge in [0.25, 0.3) is 5.91 Å². The number of benzene rings is 2. The molecule has 0 aliphatic carbocycles. The van der Waals surface area contributed by atoms with Crippen LogP contribution in [-0.4, -0.2) is 45.5 Å². The van der Waals surface area contributed by atoms with Gasteiger partial charge >= 0.3 is 5.97 Å². The van der Waals surface area contributed by atoms with E-state index in [-0.39, 0.29) is 11.7 Å². The molecule has 0 fully saturated rings. The maximum absolute atomic E-state index is 12.2. The Morgan fingerprint density at radius 2 is 1.84 bits per heavy atom. The molecular formula is C20H21N3O8S. The molecule has 1 aliphatic rings. The molecule has 1 unspecified atom stereocenters. The van der Waals surface area contributed by atoms with Crippen molar-refractivity contribution in [1.29, 1.82) is 0 Å². The Morgan fingerprint density at radius 1 is 1.16 bits per heavy atom. The molecule has 11 nitrogen and oxygen atoms in total. The molecule has 0 aromatic heterocycles. The maximum Gasteiger partial charge on any atom is 0.347 e. The van der Waals surface area contributed by atoms with Crippen LogP contribution in [0.25, 0.3) is 0 Å². The van der Waals surface area contributed by atoms with Gasteiger partial charge in [0.1, 0.15) is 0 Å². The quantitative estimate of drug-likeness (QED) is 0.338. The average molecular weight is 463 g/mol. The van der Waals surface area contributed by atoms with Gasteiger partial charge in [-0.1, -0.05) is 5.16 Å². The Morgan fingerprint density at radius 3 is 2.53 bits per heavy atom. The smallest absolute Gasteiger partial charge is 0.347 e. The van der Waals surface area contributed by atoms with Crippen molar-refractivity contribution in [1.82, 2.24) is 0 Å². The fourth-order valence-corrected chi connectivity index (χ4v) is 3.13. The second kappa shape index (κ2) is 9.66. The molecule has 3 N–H and O–H groups in total. The number of oxime groups is 1. The number of primary sulfonamides is 1. The monoisotopic (exact) mass is 463 g/mol. The second-order valence-corrected chi connectivity index (χ2v) is 8.27. The largest absolute Gasteiger partial charge is 0.454 e. The molecule has 1 amide bonds. The fourth-order valence-electron chi connectivity index (χ4n) is 2.61. The number of hydrogen-bond donors (Lipinski definition) is 2. The van der Waals surface area contributed by atoms with Crippen molar-refractivity contribution >= 4 is 33.3 Å². The van der Waals surface area contributed by atoms with Gasteiger partial charge in [-0.3, -0.25) is 4.79 Å². The van der Waals surface area contributed by atoms with E-state index >= 15 is 0 Å². The van der Waals surface area contributed by atoms with Crippen molar-refractivity contribution in [3.05, 3.63) is 48.0 Å². The highest BCUT2D eigenvalue weighted by molar-refractivity contribution is 7.89. The van der Waals surface area contributed by atoms with Gasteiger partial charge in [-0.15, -0.1) is 0 Å². The molecule has 0 spiro atoms. The lowest BCUT2D eigenvalue weighted by molar-refractivity contribution is -0.157. The van der Waals surface area contributed by atoms with E-state index in [1.807, 2.05) is 0 Å². The van der Waals surface area contributed by atoms with Gasteiger partial charge in [0, 0.05) is 11.3 Å². The van der Waals surface area contributed by atoms with Crippen LogP contribution in [-0.2, 0) is 29.2 Å². The van der Waals surface area contributed by atoms with Crippen molar-refractivity contribution in [2.24, 2.45) is 10.3 Å². The van der Waals surface area contributed by atoms with Gasteiger partial charge in [0.05, 0.1) is 10.6 Å². The summed E-state index contributed by atoms with van der Waals surface area (Å²) in [4.78, 5) is 29.0. The highest BCUT2D eigenvalue weighted by atomic mass is 32.2. The van der Waals surface area contributed by atoms with Gasteiger partial charge < -0.3 is 24.4 Å². The third kappa shape index (κ3) is 5.95. The fraction of sp³-hybridized carbons (Fsp3) is 0.250. The number of carbonyl (C=O) groups is 2. The minimum atomic E-state index is -3.83. The zero-order valence-electron chi connectivity index (χ0n) is 17.2. The molecule has 1 atom stereocenters. The minimum Gasteiger partial charge on any atom is -0.454 e. The number of anilines is 1. The van der Waals surface area contributed by atoms with Crippen molar-refractivity contribution in [2.45, 2.75) is 24.8 Å². The standard InChI is InChI=1S/C20H21N3O8S/c1-12(14-3-8-17-18(9-14)29-11-28-17)23-30-10-19(24)31-13(2)20(25)22-15-4-6-16(7-5-15)32(21,26)27/h3-9,13H,10-11H2,1-2H3,(H,22,25)(H2,21,26,27)/b23-12+. The number of nitrogens with zero attached hydrogens (tertiary/aromatic N) is 1. The lowest BCUT2D eigenvalue weighted by Gasteiger charge is -2.13.